The van der Waals surface area contributed by atoms with E-state index in [1.165, 1.54) is 16.0 Å². The molecule has 0 aliphatic carbocycles. The third-order valence-corrected chi connectivity index (χ3v) is 3.69. The van der Waals surface area contributed by atoms with E-state index in [2.05, 4.69) is 36.2 Å². The van der Waals surface area contributed by atoms with E-state index in [1.54, 1.807) is 11.3 Å². The summed E-state index contributed by atoms with van der Waals surface area (Å²) in [6.45, 7) is 4.13. The normalized spacial score (nSPS) is 12.6. The second-order valence-electron chi connectivity index (χ2n) is 4.50. The lowest BCUT2D eigenvalue weighted by Gasteiger charge is -2.10. The Labute approximate surface area is 107 Å². The molecule has 0 aliphatic heterocycles. The third kappa shape index (κ3) is 3.65. The van der Waals surface area contributed by atoms with Crippen molar-refractivity contribution in [2.45, 2.75) is 32.7 Å². The summed E-state index contributed by atoms with van der Waals surface area (Å²) in [6.07, 6.45) is 3.78. The summed E-state index contributed by atoms with van der Waals surface area (Å²) in [7, 11) is 0. The first-order valence-corrected chi connectivity index (χ1v) is 6.67. The Hall–Kier alpha value is -1.19. The van der Waals surface area contributed by atoms with Crippen molar-refractivity contribution in [3.05, 3.63) is 51.5 Å². The third-order valence-electron chi connectivity index (χ3n) is 2.75. The SMILES string of the molecule is Cc1ccc(CC(N)Cc2cnc(C)s2)cc1. The van der Waals surface area contributed by atoms with Gasteiger partial charge in [-0.15, -0.1) is 11.3 Å². The van der Waals surface area contributed by atoms with Crippen LogP contribution in [0.3, 0.4) is 0 Å². The second-order valence-corrected chi connectivity index (χ2v) is 5.82. The number of hydrogen-bond donors (Lipinski definition) is 1. The van der Waals surface area contributed by atoms with Gasteiger partial charge >= 0.3 is 0 Å². The highest BCUT2D eigenvalue weighted by atomic mass is 32.1. The van der Waals surface area contributed by atoms with Crippen LogP contribution < -0.4 is 5.73 Å². The first kappa shape index (κ1) is 12.3. The topological polar surface area (TPSA) is 38.9 Å². The molecule has 1 atom stereocenters. The summed E-state index contributed by atoms with van der Waals surface area (Å²) in [5, 5.41) is 1.11. The molecule has 0 fully saturated rings. The molecule has 0 amide bonds. The molecule has 0 bridgehead atoms. The van der Waals surface area contributed by atoms with Crippen molar-refractivity contribution in [3.63, 3.8) is 0 Å². The molecule has 0 saturated heterocycles. The molecule has 2 aromatic rings. The molecule has 90 valence electrons. The van der Waals surface area contributed by atoms with E-state index in [-0.39, 0.29) is 6.04 Å². The molecule has 1 aromatic carbocycles. The molecule has 0 spiro atoms. The summed E-state index contributed by atoms with van der Waals surface area (Å²) >= 11 is 1.74. The van der Waals surface area contributed by atoms with Crippen molar-refractivity contribution >= 4 is 11.3 Å². The van der Waals surface area contributed by atoms with Crippen LogP contribution in [0.4, 0.5) is 0 Å². The van der Waals surface area contributed by atoms with Crippen LogP contribution in [0.1, 0.15) is 21.0 Å². The fourth-order valence-corrected chi connectivity index (χ4v) is 2.74. The van der Waals surface area contributed by atoms with Crippen molar-refractivity contribution < 1.29 is 0 Å². The van der Waals surface area contributed by atoms with Gasteiger partial charge in [0.25, 0.3) is 0 Å². The lowest BCUT2D eigenvalue weighted by atomic mass is 10.0. The standard InChI is InChI=1S/C14H18N2S/c1-10-3-5-12(6-4-10)7-13(15)8-14-9-16-11(2)17-14/h3-6,9,13H,7-8,15H2,1-2H3. The van der Waals surface area contributed by atoms with Crippen LogP contribution in [0.2, 0.25) is 0 Å². The van der Waals surface area contributed by atoms with E-state index in [0.29, 0.717) is 0 Å². The predicted molar refractivity (Wildman–Crippen MR) is 73.4 cm³/mol. The minimum Gasteiger partial charge on any atom is -0.327 e. The largest absolute Gasteiger partial charge is 0.327 e. The van der Waals surface area contributed by atoms with Gasteiger partial charge in [0.05, 0.1) is 5.01 Å². The molecule has 0 aliphatic rings. The first-order valence-electron chi connectivity index (χ1n) is 5.86. The fraction of sp³-hybridized carbons (Fsp3) is 0.357. The van der Waals surface area contributed by atoms with E-state index in [1.807, 2.05) is 13.1 Å². The van der Waals surface area contributed by atoms with Gasteiger partial charge in [0.15, 0.2) is 0 Å². The number of benzene rings is 1. The maximum absolute atomic E-state index is 6.16. The van der Waals surface area contributed by atoms with Gasteiger partial charge in [-0.2, -0.15) is 0 Å². The summed E-state index contributed by atoms with van der Waals surface area (Å²) in [4.78, 5) is 5.53. The lowest BCUT2D eigenvalue weighted by Crippen LogP contribution is -2.25. The fourth-order valence-electron chi connectivity index (χ4n) is 1.86. The number of aromatic nitrogens is 1. The van der Waals surface area contributed by atoms with Gasteiger partial charge in [0, 0.05) is 17.1 Å². The molecule has 1 unspecified atom stereocenters. The Morgan fingerprint density at radius 1 is 1.18 bits per heavy atom. The summed E-state index contributed by atoms with van der Waals surface area (Å²) in [5.74, 6) is 0. The number of rotatable bonds is 4. The highest BCUT2D eigenvalue weighted by Crippen LogP contribution is 2.15. The van der Waals surface area contributed by atoms with Gasteiger partial charge in [-0.3, -0.25) is 0 Å². The van der Waals surface area contributed by atoms with Crippen LogP contribution in [-0.2, 0) is 12.8 Å². The quantitative estimate of drug-likeness (QED) is 0.901. The van der Waals surface area contributed by atoms with Crippen molar-refractivity contribution in [1.29, 1.82) is 0 Å². The molecular weight excluding hydrogens is 228 g/mol. The second kappa shape index (κ2) is 5.43. The van der Waals surface area contributed by atoms with Crippen LogP contribution in [0, 0.1) is 13.8 Å². The molecule has 0 radical (unpaired) electrons. The monoisotopic (exact) mass is 246 g/mol. The van der Waals surface area contributed by atoms with E-state index in [4.69, 9.17) is 5.73 Å². The lowest BCUT2D eigenvalue weighted by molar-refractivity contribution is 0.670. The Morgan fingerprint density at radius 3 is 2.47 bits per heavy atom. The molecule has 3 heteroatoms. The van der Waals surface area contributed by atoms with Crippen LogP contribution in [0.15, 0.2) is 30.5 Å². The zero-order valence-electron chi connectivity index (χ0n) is 10.3. The molecule has 1 heterocycles. The molecule has 1 aromatic heterocycles. The van der Waals surface area contributed by atoms with Crippen LogP contribution in [-0.4, -0.2) is 11.0 Å². The molecular formula is C14H18N2S. The van der Waals surface area contributed by atoms with Gasteiger partial charge in [-0.1, -0.05) is 29.8 Å². The molecule has 17 heavy (non-hydrogen) atoms. The Morgan fingerprint density at radius 2 is 1.88 bits per heavy atom. The average molecular weight is 246 g/mol. The number of hydrogen-bond acceptors (Lipinski definition) is 3. The van der Waals surface area contributed by atoms with E-state index >= 15 is 0 Å². The van der Waals surface area contributed by atoms with Gasteiger partial charge in [-0.25, -0.2) is 4.98 Å². The van der Waals surface area contributed by atoms with Gasteiger partial charge in [0.2, 0.25) is 0 Å². The minimum absolute atomic E-state index is 0.178. The van der Waals surface area contributed by atoms with Crippen molar-refractivity contribution in [2.24, 2.45) is 5.73 Å². The maximum Gasteiger partial charge on any atom is 0.0896 e. The Bertz CT molecular complexity index is 473. The van der Waals surface area contributed by atoms with Crippen LogP contribution in [0.5, 0.6) is 0 Å². The Balaban J connectivity index is 1.93. The molecule has 0 saturated carbocycles. The molecule has 2 nitrogen and oxygen atoms in total. The summed E-state index contributed by atoms with van der Waals surface area (Å²) in [6, 6.07) is 8.77. The Kier molecular flexibility index (Phi) is 3.92. The maximum atomic E-state index is 6.16. The van der Waals surface area contributed by atoms with E-state index in [9.17, 15) is 0 Å². The van der Waals surface area contributed by atoms with E-state index < -0.39 is 0 Å². The number of nitrogens with zero attached hydrogens (tertiary/aromatic N) is 1. The summed E-state index contributed by atoms with van der Waals surface area (Å²) < 4.78 is 0. The smallest absolute Gasteiger partial charge is 0.0896 e. The molecule has 2 rings (SSSR count). The number of thiazole rings is 1. The minimum atomic E-state index is 0.178. The zero-order valence-corrected chi connectivity index (χ0v) is 11.1. The van der Waals surface area contributed by atoms with Crippen molar-refractivity contribution in [1.82, 2.24) is 4.98 Å². The van der Waals surface area contributed by atoms with Gasteiger partial charge < -0.3 is 5.73 Å². The first-order chi connectivity index (χ1) is 8.13. The van der Waals surface area contributed by atoms with Crippen molar-refractivity contribution in [2.75, 3.05) is 0 Å². The highest BCUT2D eigenvalue weighted by Gasteiger charge is 2.07. The number of aryl methyl sites for hydroxylation is 2. The van der Waals surface area contributed by atoms with Crippen LogP contribution in [0.25, 0.3) is 0 Å². The zero-order chi connectivity index (χ0) is 12.3. The van der Waals surface area contributed by atoms with Gasteiger partial charge in [0.1, 0.15) is 0 Å². The van der Waals surface area contributed by atoms with Gasteiger partial charge in [-0.05, 0) is 32.3 Å². The highest BCUT2D eigenvalue weighted by molar-refractivity contribution is 7.11. The van der Waals surface area contributed by atoms with E-state index in [0.717, 1.165) is 17.8 Å². The predicted octanol–water partition coefficient (Wildman–Crippen LogP) is 2.87. The summed E-state index contributed by atoms with van der Waals surface area (Å²) in [5.41, 5.74) is 8.77. The van der Waals surface area contributed by atoms with Crippen LogP contribution >= 0.6 is 11.3 Å². The molecule has 2 N–H and O–H groups in total. The number of nitrogens with two attached hydrogens (primary N) is 1. The average Bonchev–Trinajstić information content (AvgIpc) is 2.67. The van der Waals surface area contributed by atoms with Crippen molar-refractivity contribution in [3.8, 4) is 0 Å².